The molecule has 3 N–H and O–H groups in total. The van der Waals surface area contributed by atoms with Crippen LogP contribution in [0.25, 0.3) is 10.4 Å². The standard InChI is InChI=1S/C20H24N4O4S2/c1-9-13(16(20(27)28)24-15(9)14(10(2)25)17(24)26)12-7-22-8-23(11-4-5-21-6-11)19(29-3)18(22)30-12/h7-11,14-15,21,25H,4-6H2,1-3H3/p+1/t9-,10+,11?,14+,15+/m0/s1. The number of nitrogens with zero attached hydrogens (tertiary/aromatic N) is 3. The third-order valence-corrected chi connectivity index (χ3v) is 8.69. The lowest BCUT2D eigenvalue weighted by molar-refractivity contribution is -0.750. The molecule has 10 heteroatoms. The van der Waals surface area contributed by atoms with Gasteiger partial charge in [0.2, 0.25) is 15.8 Å². The Morgan fingerprint density at radius 1 is 1.47 bits per heavy atom. The van der Waals surface area contributed by atoms with Crippen molar-refractivity contribution in [1.29, 1.82) is 0 Å². The summed E-state index contributed by atoms with van der Waals surface area (Å²) in [6.07, 6.45) is 6.44. The van der Waals surface area contributed by atoms with Crippen LogP contribution < -0.4 is 9.88 Å². The summed E-state index contributed by atoms with van der Waals surface area (Å²) >= 11 is 3.27. The minimum absolute atomic E-state index is 0.0671. The van der Waals surface area contributed by atoms with Gasteiger partial charge in [0.25, 0.3) is 6.33 Å². The predicted octanol–water partition coefficient (Wildman–Crippen LogP) is 1.20. The summed E-state index contributed by atoms with van der Waals surface area (Å²) in [5, 5.41) is 24.5. The average Bonchev–Trinajstić information content (AvgIpc) is 3.42. The summed E-state index contributed by atoms with van der Waals surface area (Å²) in [7, 11) is 0. The van der Waals surface area contributed by atoms with E-state index in [4.69, 9.17) is 0 Å². The van der Waals surface area contributed by atoms with E-state index in [9.17, 15) is 19.8 Å². The molecule has 5 rings (SSSR count). The number of fused-ring (bicyclic) bond motifs is 2. The number of amides is 1. The first-order chi connectivity index (χ1) is 14.3. The van der Waals surface area contributed by atoms with Crippen LogP contribution in [0.3, 0.4) is 0 Å². The van der Waals surface area contributed by atoms with Crippen LogP contribution in [0.15, 0.2) is 23.2 Å². The van der Waals surface area contributed by atoms with E-state index in [2.05, 4.69) is 26.9 Å². The second kappa shape index (κ2) is 7.08. The van der Waals surface area contributed by atoms with Crippen LogP contribution in [-0.4, -0.2) is 62.9 Å². The number of thiazole rings is 1. The predicted molar refractivity (Wildman–Crippen MR) is 113 cm³/mol. The Balaban J connectivity index is 1.60. The van der Waals surface area contributed by atoms with Gasteiger partial charge in [0, 0.05) is 24.5 Å². The highest BCUT2D eigenvalue weighted by Gasteiger charge is 2.60. The number of aliphatic hydroxyl groups excluding tert-OH is 1. The zero-order chi connectivity index (χ0) is 21.3. The number of hydrogen-bond donors (Lipinski definition) is 3. The first-order valence-corrected chi connectivity index (χ1v) is 12.2. The Kier molecular flexibility index (Phi) is 4.73. The van der Waals surface area contributed by atoms with Crippen LogP contribution in [0, 0.1) is 11.8 Å². The molecule has 5 heterocycles. The van der Waals surface area contributed by atoms with Crippen molar-refractivity contribution in [3.05, 3.63) is 23.1 Å². The lowest BCUT2D eigenvalue weighted by Gasteiger charge is -2.46. The van der Waals surface area contributed by atoms with Gasteiger partial charge in [0.1, 0.15) is 17.9 Å². The number of carbonyl (C=O) groups is 2. The molecule has 5 atom stereocenters. The number of carbonyl (C=O) groups excluding carboxylic acids is 1. The molecule has 160 valence electrons. The maximum Gasteiger partial charge on any atom is 0.352 e. The van der Waals surface area contributed by atoms with E-state index in [-0.39, 0.29) is 23.6 Å². The molecule has 8 nitrogen and oxygen atoms in total. The molecule has 0 aromatic carbocycles. The average molecular weight is 450 g/mol. The van der Waals surface area contributed by atoms with Gasteiger partial charge < -0.3 is 20.4 Å². The van der Waals surface area contributed by atoms with E-state index in [1.807, 2.05) is 13.1 Å². The van der Waals surface area contributed by atoms with Crippen molar-refractivity contribution in [3.63, 3.8) is 0 Å². The normalized spacial score (nSPS) is 29.6. The topological polar surface area (TPSA) is 98.2 Å². The van der Waals surface area contributed by atoms with Crippen LogP contribution in [0.4, 0.5) is 0 Å². The molecule has 0 spiro atoms. The number of carboxylic acids is 1. The number of rotatable bonds is 5. The van der Waals surface area contributed by atoms with Crippen LogP contribution in [-0.2, 0) is 9.59 Å². The Labute approximate surface area is 182 Å². The summed E-state index contributed by atoms with van der Waals surface area (Å²) in [6, 6.07) is 0.128. The van der Waals surface area contributed by atoms with Gasteiger partial charge in [-0.3, -0.25) is 4.79 Å². The van der Waals surface area contributed by atoms with Crippen molar-refractivity contribution in [2.75, 3.05) is 19.3 Å². The van der Waals surface area contributed by atoms with E-state index in [1.165, 1.54) is 9.93 Å². The summed E-state index contributed by atoms with van der Waals surface area (Å²) < 4.78 is 4.39. The fourth-order valence-electron chi connectivity index (χ4n) is 5.25. The number of imidazole rings is 1. The van der Waals surface area contributed by atoms with Crippen molar-refractivity contribution in [2.45, 2.75) is 43.5 Å². The first-order valence-electron chi connectivity index (χ1n) is 10.1. The van der Waals surface area contributed by atoms with Crippen molar-refractivity contribution < 1.29 is 24.4 Å². The van der Waals surface area contributed by atoms with Crippen LogP contribution >= 0.6 is 23.1 Å². The second-order valence-corrected chi connectivity index (χ2v) is 10.1. The van der Waals surface area contributed by atoms with Crippen LogP contribution in [0.5, 0.6) is 0 Å². The van der Waals surface area contributed by atoms with Crippen LogP contribution in [0.2, 0.25) is 0 Å². The largest absolute Gasteiger partial charge is 0.477 e. The van der Waals surface area contributed by atoms with E-state index < -0.39 is 18.0 Å². The molecule has 2 fully saturated rings. The quantitative estimate of drug-likeness (QED) is 0.361. The van der Waals surface area contributed by atoms with Crippen molar-refractivity contribution >= 4 is 45.4 Å². The van der Waals surface area contributed by atoms with E-state index in [1.54, 1.807) is 30.0 Å². The van der Waals surface area contributed by atoms with Gasteiger partial charge in [0.05, 0.1) is 22.9 Å². The summed E-state index contributed by atoms with van der Waals surface area (Å²) in [4.78, 5) is 28.0. The maximum atomic E-state index is 12.6. The number of β-lactam (4-membered cyclic amide) rings is 1. The van der Waals surface area contributed by atoms with Crippen molar-refractivity contribution in [1.82, 2.24) is 14.6 Å². The van der Waals surface area contributed by atoms with Crippen LogP contribution in [0.1, 0.15) is 31.2 Å². The third-order valence-electron chi connectivity index (χ3n) is 6.62. The number of aliphatic carboxylic acids is 1. The van der Waals surface area contributed by atoms with Crippen molar-refractivity contribution in [3.8, 4) is 0 Å². The number of aliphatic hydroxyl groups is 1. The lowest BCUT2D eigenvalue weighted by atomic mass is 9.77. The van der Waals surface area contributed by atoms with Gasteiger partial charge >= 0.3 is 5.97 Å². The Morgan fingerprint density at radius 2 is 2.23 bits per heavy atom. The maximum absolute atomic E-state index is 12.6. The fraction of sp³-hybridized carbons (Fsp3) is 0.550. The number of carboxylic acid groups (broad SMARTS) is 1. The summed E-state index contributed by atoms with van der Waals surface area (Å²) in [5.74, 6) is -2.09. The van der Waals surface area contributed by atoms with E-state index in [0.29, 0.717) is 11.6 Å². The molecule has 0 saturated carbocycles. The van der Waals surface area contributed by atoms with Gasteiger partial charge in [-0.05, 0) is 19.7 Å². The molecular formula is C20H25N4O4S2+. The highest BCUT2D eigenvalue weighted by Crippen LogP contribution is 2.51. The molecule has 30 heavy (non-hydrogen) atoms. The summed E-state index contributed by atoms with van der Waals surface area (Å²) in [6.45, 7) is 5.53. The molecule has 2 aromatic rings. The Morgan fingerprint density at radius 3 is 2.83 bits per heavy atom. The van der Waals surface area contributed by atoms with Crippen molar-refractivity contribution in [2.24, 2.45) is 11.8 Å². The molecule has 3 aliphatic heterocycles. The molecule has 0 radical (unpaired) electrons. The van der Waals surface area contributed by atoms with Gasteiger partial charge in [-0.1, -0.05) is 30.0 Å². The minimum Gasteiger partial charge on any atom is -0.477 e. The molecular weight excluding hydrogens is 424 g/mol. The van der Waals surface area contributed by atoms with E-state index >= 15 is 0 Å². The highest BCUT2D eigenvalue weighted by molar-refractivity contribution is 7.98. The molecule has 3 aliphatic rings. The Hall–Kier alpha value is -1.88. The molecule has 1 amide bonds. The minimum atomic E-state index is -1.09. The number of hydrogen-bond acceptors (Lipinski definition) is 6. The monoisotopic (exact) mass is 449 g/mol. The molecule has 0 aliphatic carbocycles. The number of thioether (sulfide) groups is 1. The zero-order valence-corrected chi connectivity index (χ0v) is 18.7. The van der Waals surface area contributed by atoms with Gasteiger partial charge in [0.15, 0.2) is 0 Å². The molecule has 1 unspecified atom stereocenters. The van der Waals surface area contributed by atoms with Gasteiger partial charge in [-0.15, -0.1) is 0 Å². The van der Waals surface area contributed by atoms with Gasteiger partial charge in [-0.2, -0.15) is 4.40 Å². The fourth-order valence-corrected chi connectivity index (χ4v) is 7.48. The third kappa shape index (κ3) is 2.63. The molecule has 2 saturated heterocycles. The molecule has 2 aromatic heterocycles. The molecule has 0 bridgehead atoms. The second-order valence-electron chi connectivity index (χ2n) is 8.31. The first kappa shape index (κ1) is 20.0. The Bertz CT molecular complexity index is 1080. The smallest absolute Gasteiger partial charge is 0.352 e. The summed E-state index contributed by atoms with van der Waals surface area (Å²) in [5.41, 5.74) is 0.760. The van der Waals surface area contributed by atoms with E-state index in [0.717, 1.165) is 29.2 Å². The van der Waals surface area contributed by atoms with Gasteiger partial charge in [-0.25, -0.2) is 9.36 Å². The number of nitrogens with one attached hydrogen (secondary N) is 1. The number of aromatic nitrogens is 2. The lowest BCUT2D eigenvalue weighted by Crippen LogP contribution is -2.63. The zero-order valence-electron chi connectivity index (χ0n) is 17.0. The SMILES string of the molecule is CSc1c2sc(C3=C(C(=O)O)N4C(=O)[C@H]([C@@H](C)O)[C@H]4[C@H]3C)cn2c[n+]1C1CCNC1. The highest BCUT2D eigenvalue weighted by atomic mass is 32.2.